The van der Waals surface area contributed by atoms with E-state index in [-0.39, 0.29) is 23.0 Å². The van der Waals surface area contributed by atoms with Crippen LogP contribution in [0, 0.1) is 5.82 Å². The summed E-state index contributed by atoms with van der Waals surface area (Å²) in [6, 6.07) is 10.8. The molecule has 1 aliphatic carbocycles. The lowest BCUT2D eigenvalue weighted by atomic mass is 10.2. The van der Waals surface area contributed by atoms with Crippen molar-refractivity contribution in [1.29, 1.82) is 0 Å². The maximum Gasteiger partial charge on any atom is 0.233 e. The van der Waals surface area contributed by atoms with Crippen molar-refractivity contribution >= 4 is 29.0 Å². The molecule has 0 saturated heterocycles. The molecule has 0 unspecified atom stereocenters. The molecule has 3 aromatic rings. The average molecular weight is 403 g/mol. The monoisotopic (exact) mass is 402 g/mol. The molecule has 1 aliphatic rings. The quantitative estimate of drug-likeness (QED) is 0.600. The molecule has 5 nitrogen and oxygen atoms in total. The molecular formula is C19H19FN4OS2. The molecule has 140 valence electrons. The van der Waals surface area contributed by atoms with Crippen LogP contribution in [0.4, 0.5) is 4.39 Å². The summed E-state index contributed by atoms with van der Waals surface area (Å²) in [5.41, 5.74) is 0.443. The van der Waals surface area contributed by atoms with E-state index in [2.05, 4.69) is 15.5 Å². The number of nitrogens with zero attached hydrogens (tertiary/aromatic N) is 3. The zero-order valence-electron chi connectivity index (χ0n) is 14.8. The van der Waals surface area contributed by atoms with Crippen molar-refractivity contribution < 1.29 is 9.18 Å². The molecule has 1 atom stereocenters. The SMILES string of the molecule is C[C@H](Sc1nnc(-c2ccccc2F)n1C1CC1)C(=O)NCc1cccs1. The number of rotatable bonds is 7. The Morgan fingerprint density at radius 1 is 1.33 bits per heavy atom. The molecule has 1 fully saturated rings. The molecule has 0 radical (unpaired) electrons. The lowest BCUT2D eigenvalue weighted by Crippen LogP contribution is -2.30. The fourth-order valence-electron chi connectivity index (χ4n) is 2.79. The van der Waals surface area contributed by atoms with Crippen LogP contribution in [0.3, 0.4) is 0 Å². The Morgan fingerprint density at radius 2 is 2.15 bits per heavy atom. The fourth-order valence-corrected chi connectivity index (χ4v) is 4.38. The Labute approximate surface area is 165 Å². The minimum Gasteiger partial charge on any atom is -0.350 e. The van der Waals surface area contributed by atoms with Crippen molar-refractivity contribution in [3.63, 3.8) is 0 Å². The summed E-state index contributed by atoms with van der Waals surface area (Å²) >= 11 is 2.98. The number of thiophene rings is 1. The molecule has 0 aliphatic heterocycles. The number of hydrogen-bond donors (Lipinski definition) is 1. The van der Waals surface area contributed by atoms with Crippen LogP contribution in [-0.2, 0) is 11.3 Å². The Balaban J connectivity index is 1.50. The first-order chi connectivity index (χ1) is 13.1. The highest BCUT2D eigenvalue weighted by molar-refractivity contribution is 8.00. The molecule has 2 heterocycles. The van der Waals surface area contributed by atoms with E-state index in [0.29, 0.717) is 23.1 Å². The highest BCUT2D eigenvalue weighted by Crippen LogP contribution is 2.42. The summed E-state index contributed by atoms with van der Waals surface area (Å²) in [6.45, 7) is 2.38. The number of thioether (sulfide) groups is 1. The van der Waals surface area contributed by atoms with E-state index >= 15 is 0 Å². The van der Waals surface area contributed by atoms with Crippen molar-refractivity contribution in [3.8, 4) is 11.4 Å². The van der Waals surface area contributed by atoms with E-state index in [1.807, 2.05) is 29.0 Å². The predicted octanol–water partition coefficient (Wildman–Crippen LogP) is 4.28. The van der Waals surface area contributed by atoms with E-state index in [1.54, 1.807) is 29.5 Å². The number of nitrogens with one attached hydrogen (secondary N) is 1. The number of hydrogen-bond acceptors (Lipinski definition) is 5. The largest absolute Gasteiger partial charge is 0.350 e. The van der Waals surface area contributed by atoms with Gasteiger partial charge in [-0.1, -0.05) is 30.0 Å². The van der Waals surface area contributed by atoms with E-state index in [9.17, 15) is 9.18 Å². The second kappa shape index (κ2) is 7.82. The van der Waals surface area contributed by atoms with E-state index in [1.165, 1.54) is 17.8 Å². The summed E-state index contributed by atoms with van der Waals surface area (Å²) in [7, 11) is 0. The number of amides is 1. The van der Waals surface area contributed by atoms with Crippen LogP contribution in [0.1, 0.15) is 30.7 Å². The average Bonchev–Trinajstić information content (AvgIpc) is 3.21. The highest BCUT2D eigenvalue weighted by atomic mass is 32.2. The molecule has 8 heteroatoms. The van der Waals surface area contributed by atoms with Gasteiger partial charge in [-0.15, -0.1) is 21.5 Å². The fraction of sp³-hybridized carbons (Fsp3) is 0.316. The summed E-state index contributed by atoms with van der Waals surface area (Å²) in [4.78, 5) is 13.5. The van der Waals surface area contributed by atoms with Crippen molar-refractivity contribution in [2.45, 2.75) is 42.8 Å². The summed E-state index contributed by atoms with van der Waals surface area (Å²) < 4.78 is 16.2. The molecule has 4 rings (SSSR count). The van der Waals surface area contributed by atoms with Gasteiger partial charge in [0.05, 0.1) is 17.4 Å². The second-order valence-corrected chi connectivity index (χ2v) is 8.78. The first kappa shape index (κ1) is 18.2. The molecule has 27 heavy (non-hydrogen) atoms. The summed E-state index contributed by atoms with van der Waals surface area (Å²) in [5, 5.41) is 13.8. The van der Waals surface area contributed by atoms with Crippen molar-refractivity contribution in [3.05, 3.63) is 52.5 Å². The first-order valence-corrected chi connectivity index (χ1v) is 10.6. The van der Waals surface area contributed by atoms with Crippen LogP contribution in [0.15, 0.2) is 46.9 Å². The van der Waals surface area contributed by atoms with Gasteiger partial charge < -0.3 is 5.32 Å². The minimum atomic E-state index is -0.319. The van der Waals surface area contributed by atoms with Crippen molar-refractivity contribution in [2.24, 2.45) is 0 Å². The van der Waals surface area contributed by atoms with Gasteiger partial charge in [0.2, 0.25) is 5.91 Å². The normalized spacial score (nSPS) is 14.9. The molecular weight excluding hydrogens is 383 g/mol. The van der Waals surface area contributed by atoms with Gasteiger partial charge in [0.15, 0.2) is 11.0 Å². The molecule has 0 spiro atoms. The molecule has 1 N–H and O–H groups in total. The van der Waals surface area contributed by atoms with Crippen LogP contribution in [0.25, 0.3) is 11.4 Å². The third-order valence-corrected chi connectivity index (χ3v) is 6.29. The van der Waals surface area contributed by atoms with Crippen LogP contribution in [-0.4, -0.2) is 25.9 Å². The summed E-state index contributed by atoms with van der Waals surface area (Å²) in [5.74, 6) is 0.167. The standard InChI is InChI=1S/C19H19FN4OS2/c1-12(18(25)21-11-14-5-4-10-26-14)27-19-23-22-17(24(19)13-8-9-13)15-6-2-3-7-16(15)20/h2-7,10,12-13H,8-9,11H2,1H3,(H,21,25)/t12-/m0/s1. The van der Waals surface area contributed by atoms with Gasteiger partial charge in [0, 0.05) is 10.9 Å². The lowest BCUT2D eigenvalue weighted by molar-refractivity contribution is -0.120. The molecule has 0 bridgehead atoms. The highest BCUT2D eigenvalue weighted by Gasteiger charge is 2.32. The van der Waals surface area contributed by atoms with Gasteiger partial charge in [0.25, 0.3) is 0 Å². The number of benzene rings is 1. The van der Waals surface area contributed by atoms with Crippen molar-refractivity contribution in [2.75, 3.05) is 0 Å². The third-order valence-electron chi connectivity index (χ3n) is 4.36. The topological polar surface area (TPSA) is 59.8 Å². The molecule has 2 aromatic heterocycles. The molecule has 1 aromatic carbocycles. The Kier molecular flexibility index (Phi) is 5.27. The van der Waals surface area contributed by atoms with Crippen LogP contribution in [0.5, 0.6) is 0 Å². The number of carbonyl (C=O) groups excluding carboxylic acids is 1. The molecule has 1 amide bonds. The number of carbonyl (C=O) groups is 1. The predicted molar refractivity (Wildman–Crippen MR) is 105 cm³/mol. The lowest BCUT2D eigenvalue weighted by Gasteiger charge is -2.13. The van der Waals surface area contributed by atoms with Crippen LogP contribution < -0.4 is 5.32 Å². The van der Waals surface area contributed by atoms with Gasteiger partial charge in [-0.25, -0.2) is 4.39 Å². The van der Waals surface area contributed by atoms with Gasteiger partial charge in [-0.2, -0.15) is 0 Å². The van der Waals surface area contributed by atoms with Gasteiger partial charge >= 0.3 is 0 Å². The van der Waals surface area contributed by atoms with E-state index in [4.69, 9.17) is 0 Å². The molecule has 1 saturated carbocycles. The Hall–Kier alpha value is -2.19. The maximum atomic E-state index is 14.2. The van der Waals surface area contributed by atoms with Gasteiger partial charge in [-0.05, 0) is 43.3 Å². The van der Waals surface area contributed by atoms with E-state index < -0.39 is 0 Å². The number of halogens is 1. The van der Waals surface area contributed by atoms with Gasteiger partial charge in [-0.3, -0.25) is 9.36 Å². The van der Waals surface area contributed by atoms with Crippen LogP contribution in [0.2, 0.25) is 0 Å². The Bertz CT molecular complexity index is 937. The first-order valence-electron chi connectivity index (χ1n) is 8.80. The van der Waals surface area contributed by atoms with E-state index in [0.717, 1.165) is 17.7 Å². The van der Waals surface area contributed by atoms with Gasteiger partial charge in [0.1, 0.15) is 5.82 Å². The van der Waals surface area contributed by atoms with Crippen molar-refractivity contribution in [1.82, 2.24) is 20.1 Å². The third kappa shape index (κ3) is 4.06. The Morgan fingerprint density at radius 3 is 2.85 bits per heavy atom. The maximum absolute atomic E-state index is 14.2. The number of aromatic nitrogens is 3. The summed E-state index contributed by atoms with van der Waals surface area (Å²) in [6.07, 6.45) is 2.04. The zero-order valence-corrected chi connectivity index (χ0v) is 16.4. The second-order valence-electron chi connectivity index (χ2n) is 6.44. The minimum absolute atomic E-state index is 0.0498. The van der Waals surface area contributed by atoms with Crippen LogP contribution >= 0.6 is 23.1 Å². The smallest absolute Gasteiger partial charge is 0.233 e. The zero-order chi connectivity index (χ0) is 18.8.